The lowest BCUT2D eigenvalue weighted by Gasteiger charge is -2.23. The number of hydrogen-bond donors (Lipinski definition) is 1. The first-order valence-corrected chi connectivity index (χ1v) is 13.3. The zero-order valence-electron chi connectivity index (χ0n) is 18.8. The van der Waals surface area contributed by atoms with Gasteiger partial charge in [0.15, 0.2) is 0 Å². The molecule has 0 unspecified atom stereocenters. The molecule has 5 nitrogen and oxygen atoms in total. The summed E-state index contributed by atoms with van der Waals surface area (Å²) < 4.78 is 28.2. The fraction of sp³-hybridized carbons (Fsp3) is 0.148. The molecule has 180 valence electrons. The van der Waals surface area contributed by atoms with Gasteiger partial charge < -0.3 is 5.32 Å². The van der Waals surface area contributed by atoms with Crippen LogP contribution in [0.5, 0.6) is 0 Å². The summed E-state index contributed by atoms with van der Waals surface area (Å²) in [6.45, 7) is 0.0460. The summed E-state index contributed by atoms with van der Waals surface area (Å²) in [5, 5.41) is 5.27. The van der Waals surface area contributed by atoms with E-state index in [1.165, 1.54) is 18.2 Å². The molecule has 0 aliphatic rings. The molecule has 0 saturated heterocycles. The number of hydrogen-bond acceptors (Lipinski definition) is 3. The second-order valence-electron chi connectivity index (χ2n) is 8.06. The number of rotatable bonds is 9. The zero-order chi connectivity index (χ0) is 24.8. The van der Waals surface area contributed by atoms with Crippen molar-refractivity contribution in [1.29, 1.82) is 0 Å². The van der Waals surface area contributed by atoms with Crippen LogP contribution in [0.1, 0.15) is 11.1 Å². The summed E-state index contributed by atoms with van der Waals surface area (Å²) in [5.74, 6) is -0.410. The molecular weight excluding hydrogens is 503 g/mol. The molecular formula is C27H24Cl2N2O3S. The monoisotopic (exact) mass is 526 g/mol. The molecule has 0 bridgehead atoms. The van der Waals surface area contributed by atoms with E-state index >= 15 is 0 Å². The highest BCUT2D eigenvalue weighted by molar-refractivity contribution is 7.89. The van der Waals surface area contributed by atoms with Crippen LogP contribution in [-0.4, -0.2) is 31.7 Å². The Morgan fingerprint density at radius 3 is 2.37 bits per heavy atom. The van der Waals surface area contributed by atoms with Crippen LogP contribution in [0.25, 0.3) is 10.8 Å². The minimum atomic E-state index is -4.08. The van der Waals surface area contributed by atoms with Gasteiger partial charge in [-0.25, -0.2) is 8.42 Å². The van der Waals surface area contributed by atoms with Gasteiger partial charge in [-0.05, 0) is 46.5 Å². The molecule has 0 saturated carbocycles. The van der Waals surface area contributed by atoms with Gasteiger partial charge in [0.05, 0.1) is 11.6 Å². The van der Waals surface area contributed by atoms with Gasteiger partial charge in [-0.2, -0.15) is 4.31 Å². The Labute approximate surface area is 215 Å². The van der Waals surface area contributed by atoms with E-state index in [9.17, 15) is 13.2 Å². The number of sulfonamides is 1. The SMILES string of the molecule is O=C(CN(CCc1ccccc1)S(=O)(=O)c1cc(Cl)ccc1Cl)NCc1cccc2ccccc12. The average Bonchev–Trinajstić information content (AvgIpc) is 2.87. The lowest BCUT2D eigenvalue weighted by atomic mass is 10.0. The first-order chi connectivity index (χ1) is 16.8. The van der Waals surface area contributed by atoms with E-state index in [1.807, 2.05) is 72.8 Å². The second-order valence-corrected chi connectivity index (χ2v) is 10.8. The van der Waals surface area contributed by atoms with Crippen molar-refractivity contribution in [2.75, 3.05) is 13.1 Å². The van der Waals surface area contributed by atoms with Crippen molar-refractivity contribution in [2.24, 2.45) is 0 Å². The third-order valence-corrected chi connectivity index (χ3v) is 8.24. The Balaban J connectivity index is 1.54. The first kappa shape index (κ1) is 25.2. The van der Waals surface area contributed by atoms with Crippen LogP contribution in [0.2, 0.25) is 10.0 Å². The summed E-state index contributed by atoms with van der Waals surface area (Å²) in [6.07, 6.45) is 0.439. The van der Waals surface area contributed by atoms with E-state index in [-0.39, 0.29) is 34.6 Å². The van der Waals surface area contributed by atoms with Crippen molar-refractivity contribution in [3.63, 3.8) is 0 Å². The van der Waals surface area contributed by atoms with Crippen molar-refractivity contribution in [2.45, 2.75) is 17.9 Å². The highest BCUT2D eigenvalue weighted by Crippen LogP contribution is 2.28. The fourth-order valence-corrected chi connectivity index (χ4v) is 5.99. The van der Waals surface area contributed by atoms with Gasteiger partial charge in [0.25, 0.3) is 0 Å². The van der Waals surface area contributed by atoms with E-state index in [0.717, 1.165) is 26.2 Å². The molecule has 4 aromatic rings. The first-order valence-electron chi connectivity index (χ1n) is 11.1. The molecule has 0 heterocycles. The molecule has 0 aromatic heterocycles. The predicted molar refractivity (Wildman–Crippen MR) is 141 cm³/mol. The van der Waals surface area contributed by atoms with E-state index in [4.69, 9.17) is 23.2 Å². The Morgan fingerprint density at radius 1 is 0.857 bits per heavy atom. The molecule has 0 spiro atoms. The van der Waals surface area contributed by atoms with Gasteiger partial charge >= 0.3 is 0 Å². The highest BCUT2D eigenvalue weighted by atomic mass is 35.5. The quantitative estimate of drug-likeness (QED) is 0.304. The third kappa shape index (κ3) is 6.21. The van der Waals surface area contributed by atoms with Crippen LogP contribution in [0, 0.1) is 0 Å². The average molecular weight is 527 g/mol. The highest BCUT2D eigenvalue weighted by Gasteiger charge is 2.29. The molecule has 0 atom stereocenters. The summed E-state index contributed by atoms with van der Waals surface area (Å²) in [6, 6.07) is 27.6. The van der Waals surface area contributed by atoms with Crippen LogP contribution in [-0.2, 0) is 27.8 Å². The number of halogens is 2. The van der Waals surface area contributed by atoms with Crippen LogP contribution in [0.3, 0.4) is 0 Å². The van der Waals surface area contributed by atoms with Gasteiger partial charge in [0, 0.05) is 18.1 Å². The smallest absolute Gasteiger partial charge is 0.245 e. The lowest BCUT2D eigenvalue weighted by molar-refractivity contribution is -0.121. The summed E-state index contributed by atoms with van der Waals surface area (Å²) in [5.41, 5.74) is 1.91. The Hall–Kier alpha value is -2.90. The summed E-state index contributed by atoms with van der Waals surface area (Å²) in [4.78, 5) is 12.8. The minimum absolute atomic E-state index is 0.0512. The Morgan fingerprint density at radius 2 is 1.57 bits per heavy atom. The van der Waals surface area contributed by atoms with Crippen LogP contribution in [0.15, 0.2) is 95.9 Å². The van der Waals surface area contributed by atoms with E-state index in [2.05, 4.69) is 5.32 Å². The van der Waals surface area contributed by atoms with Gasteiger partial charge in [-0.15, -0.1) is 0 Å². The Bertz CT molecular complexity index is 1440. The maximum absolute atomic E-state index is 13.5. The van der Waals surface area contributed by atoms with Crippen molar-refractivity contribution >= 4 is 49.9 Å². The fourth-order valence-electron chi connectivity index (χ4n) is 3.85. The number of nitrogens with one attached hydrogen (secondary N) is 1. The zero-order valence-corrected chi connectivity index (χ0v) is 21.2. The number of fused-ring (bicyclic) bond motifs is 1. The standard InChI is InChI=1S/C27H24Cl2N2O3S/c28-23-13-14-25(29)26(17-23)35(33,34)31(16-15-20-7-2-1-3-8-20)19-27(32)30-18-22-11-6-10-21-9-4-5-12-24(21)22/h1-14,17H,15-16,18-19H2,(H,30,32). The predicted octanol–water partition coefficient (Wildman–Crippen LogP) is 5.70. The third-order valence-electron chi connectivity index (χ3n) is 5.68. The number of amides is 1. The molecule has 0 radical (unpaired) electrons. The number of carbonyl (C=O) groups excluding carboxylic acids is 1. The molecule has 8 heteroatoms. The molecule has 0 aliphatic heterocycles. The van der Waals surface area contributed by atoms with E-state index < -0.39 is 15.9 Å². The minimum Gasteiger partial charge on any atom is -0.351 e. The van der Waals surface area contributed by atoms with Crippen molar-refractivity contribution in [3.05, 3.63) is 112 Å². The van der Waals surface area contributed by atoms with Crippen molar-refractivity contribution in [1.82, 2.24) is 9.62 Å². The second kappa shape index (κ2) is 11.2. The van der Waals surface area contributed by atoms with Gasteiger partial charge in [0.2, 0.25) is 15.9 Å². The van der Waals surface area contributed by atoms with Gasteiger partial charge in [0.1, 0.15) is 4.90 Å². The number of carbonyl (C=O) groups is 1. The summed E-state index contributed by atoms with van der Waals surface area (Å²) in [7, 11) is -4.08. The van der Waals surface area contributed by atoms with Crippen LogP contribution in [0.4, 0.5) is 0 Å². The largest absolute Gasteiger partial charge is 0.351 e. The normalized spacial score (nSPS) is 11.6. The molecule has 1 amide bonds. The van der Waals surface area contributed by atoms with Gasteiger partial charge in [-0.1, -0.05) is 96.0 Å². The lowest BCUT2D eigenvalue weighted by Crippen LogP contribution is -2.41. The molecule has 1 N–H and O–H groups in total. The molecule has 35 heavy (non-hydrogen) atoms. The molecule has 4 aromatic carbocycles. The van der Waals surface area contributed by atoms with Gasteiger partial charge in [-0.3, -0.25) is 4.79 Å². The molecule has 4 rings (SSSR count). The number of nitrogens with zero attached hydrogens (tertiary/aromatic N) is 1. The summed E-state index contributed by atoms with van der Waals surface area (Å²) >= 11 is 12.3. The Kier molecular flexibility index (Phi) is 8.08. The van der Waals surface area contributed by atoms with E-state index in [0.29, 0.717) is 6.42 Å². The van der Waals surface area contributed by atoms with Crippen LogP contribution >= 0.6 is 23.2 Å². The maximum Gasteiger partial charge on any atom is 0.245 e. The van der Waals surface area contributed by atoms with Crippen LogP contribution < -0.4 is 5.32 Å². The number of benzene rings is 4. The maximum atomic E-state index is 13.5. The van der Waals surface area contributed by atoms with Crippen molar-refractivity contribution < 1.29 is 13.2 Å². The van der Waals surface area contributed by atoms with E-state index in [1.54, 1.807) is 0 Å². The molecule has 0 aliphatic carbocycles. The molecule has 0 fully saturated rings. The van der Waals surface area contributed by atoms with Crippen molar-refractivity contribution in [3.8, 4) is 0 Å². The topological polar surface area (TPSA) is 66.5 Å².